The third-order valence-corrected chi connectivity index (χ3v) is 3.64. The van der Waals surface area contributed by atoms with E-state index >= 15 is 0 Å². The molecule has 0 fully saturated rings. The van der Waals surface area contributed by atoms with Crippen molar-refractivity contribution in [1.82, 2.24) is 15.6 Å². The Kier molecular flexibility index (Phi) is 11.4. The second-order valence-corrected chi connectivity index (χ2v) is 5.51. The number of hydrogen-bond donors (Lipinski definition) is 3. The molecule has 0 spiro atoms. The van der Waals surface area contributed by atoms with Crippen LogP contribution in [-0.2, 0) is 6.42 Å². The summed E-state index contributed by atoms with van der Waals surface area (Å²) < 4.78 is 0. The number of unbranched alkanes of at least 4 members (excludes halogenated alkanes) is 1. The zero-order valence-corrected chi connectivity index (χ0v) is 17.1. The number of aromatic nitrogens is 1. The van der Waals surface area contributed by atoms with E-state index in [2.05, 4.69) is 50.2 Å². The number of rotatable bonds is 9. The molecule has 0 bridgehead atoms. The molecule has 0 atom stereocenters. The van der Waals surface area contributed by atoms with Crippen LogP contribution >= 0.6 is 24.0 Å². The average molecular weight is 453 g/mol. The SMILES string of the molecule is CN=C(NCCCCNc1ccccn1)NCCc1ccccc1.I. The van der Waals surface area contributed by atoms with Crippen LogP contribution in [0.2, 0.25) is 0 Å². The molecular formula is C19H28IN5. The van der Waals surface area contributed by atoms with E-state index < -0.39 is 0 Å². The van der Waals surface area contributed by atoms with Gasteiger partial charge < -0.3 is 16.0 Å². The maximum Gasteiger partial charge on any atom is 0.190 e. The van der Waals surface area contributed by atoms with Crippen LogP contribution in [0, 0.1) is 0 Å². The van der Waals surface area contributed by atoms with Crippen LogP contribution in [-0.4, -0.2) is 37.6 Å². The maximum atomic E-state index is 4.25. The van der Waals surface area contributed by atoms with Gasteiger partial charge in [0.25, 0.3) is 0 Å². The van der Waals surface area contributed by atoms with Crippen LogP contribution in [0.15, 0.2) is 59.7 Å². The predicted octanol–water partition coefficient (Wildman–Crippen LogP) is 3.30. The zero-order valence-electron chi connectivity index (χ0n) is 14.7. The number of nitrogens with one attached hydrogen (secondary N) is 3. The third-order valence-electron chi connectivity index (χ3n) is 3.64. The second-order valence-electron chi connectivity index (χ2n) is 5.51. The van der Waals surface area contributed by atoms with Crippen molar-refractivity contribution in [3.63, 3.8) is 0 Å². The van der Waals surface area contributed by atoms with Gasteiger partial charge in [-0.05, 0) is 37.0 Å². The summed E-state index contributed by atoms with van der Waals surface area (Å²) in [6, 6.07) is 16.4. The smallest absolute Gasteiger partial charge is 0.190 e. The summed E-state index contributed by atoms with van der Waals surface area (Å²) in [5.41, 5.74) is 1.33. The highest BCUT2D eigenvalue weighted by molar-refractivity contribution is 14.0. The minimum atomic E-state index is 0. The van der Waals surface area contributed by atoms with Crippen molar-refractivity contribution >= 4 is 35.8 Å². The lowest BCUT2D eigenvalue weighted by atomic mass is 10.1. The molecule has 6 heteroatoms. The summed E-state index contributed by atoms with van der Waals surface area (Å²) in [7, 11) is 1.81. The molecule has 5 nitrogen and oxygen atoms in total. The van der Waals surface area contributed by atoms with Gasteiger partial charge in [0.15, 0.2) is 5.96 Å². The number of hydrogen-bond acceptors (Lipinski definition) is 3. The van der Waals surface area contributed by atoms with Crippen molar-refractivity contribution < 1.29 is 0 Å². The number of nitrogens with zero attached hydrogens (tertiary/aromatic N) is 2. The normalized spacial score (nSPS) is 10.7. The summed E-state index contributed by atoms with van der Waals surface area (Å²) in [4.78, 5) is 8.49. The van der Waals surface area contributed by atoms with Gasteiger partial charge in [0.2, 0.25) is 0 Å². The van der Waals surface area contributed by atoms with Crippen molar-refractivity contribution in [1.29, 1.82) is 0 Å². The highest BCUT2D eigenvalue weighted by Crippen LogP contribution is 2.00. The minimum Gasteiger partial charge on any atom is -0.370 e. The third kappa shape index (κ3) is 9.28. The summed E-state index contributed by atoms with van der Waals surface area (Å²) in [5, 5.41) is 10.0. The van der Waals surface area contributed by atoms with E-state index in [1.807, 2.05) is 24.3 Å². The van der Waals surface area contributed by atoms with E-state index in [4.69, 9.17) is 0 Å². The fourth-order valence-corrected chi connectivity index (χ4v) is 2.33. The van der Waals surface area contributed by atoms with E-state index in [0.29, 0.717) is 0 Å². The van der Waals surface area contributed by atoms with E-state index in [1.54, 1.807) is 13.2 Å². The molecule has 136 valence electrons. The number of pyridine rings is 1. The Labute approximate surface area is 167 Å². The van der Waals surface area contributed by atoms with Crippen LogP contribution in [0.1, 0.15) is 18.4 Å². The van der Waals surface area contributed by atoms with Gasteiger partial charge in [-0.25, -0.2) is 4.98 Å². The predicted molar refractivity (Wildman–Crippen MR) is 117 cm³/mol. The van der Waals surface area contributed by atoms with Crippen LogP contribution in [0.3, 0.4) is 0 Å². The highest BCUT2D eigenvalue weighted by Gasteiger charge is 1.98. The molecule has 1 aromatic heterocycles. The Morgan fingerprint density at radius 1 is 0.920 bits per heavy atom. The van der Waals surface area contributed by atoms with Gasteiger partial charge in [0.05, 0.1) is 0 Å². The Hall–Kier alpha value is -1.83. The van der Waals surface area contributed by atoms with Gasteiger partial charge in [-0.3, -0.25) is 4.99 Å². The molecule has 25 heavy (non-hydrogen) atoms. The van der Waals surface area contributed by atoms with Crippen LogP contribution < -0.4 is 16.0 Å². The fourth-order valence-electron chi connectivity index (χ4n) is 2.33. The Balaban J connectivity index is 0.00000312. The van der Waals surface area contributed by atoms with Crippen molar-refractivity contribution in [2.45, 2.75) is 19.3 Å². The number of aliphatic imine (C=N–C) groups is 1. The number of halogens is 1. The van der Waals surface area contributed by atoms with E-state index in [0.717, 1.165) is 50.7 Å². The lowest BCUT2D eigenvalue weighted by Gasteiger charge is -2.12. The number of anilines is 1. The van der Waals surface area contributed by atoms with Crippen LogP contribution in [0.5, 0.6) is 0 Å². The summed E-state index contributed by atoms with van der Waals surface area (Å²) in [5.74, 6) is 1.80. The lowest BCUT2D eigenvalue weighted by molar-refractivity contribution is 0.710. The Morgan fingerprint density at radius 2 is 1.64 bits per heavy atom. The summed E-state index contributed by atoms with van der Waals surface area (Å²) in [6.45, 7) is 2.72. The Bertz CT molecular complexity index is 589. The van der Waals surface area contributed by atoms with E-state index in [-0.39, 0.29) is 24.0 Å². The molecule has 0 saturated carbocycles. The van der Waals surface area contributed by atoms with Crippen molar-refractivity contribution in [2.24, 2.45) is 4.99 Å². The van der Waals surface area contributed by atoms with Crippen molar-refractivity contribution in [2.75, 3.05) is 32.0 Å². The molecule has 0 saturated heterocycles. The first kappa shape index (κ1) is 21.2. The van der Waals surface area contributed by atoms with E-state index in [1.165, 1.54) is 5.56 Å². The number of benzene rings is 1. The maximum absolute atomic E-state index is 4.25. The molecule has 0 amide bonds. The van der Waals surface area contributed by atoms with Gasteiger partial charge in [-0.2, -0.15) is 0 Å². The average Bonchev–Trinajstić information content (AvgIpc) is 2.64. The number of guanidine groups is 1. The topological polar surface area (TPSA) is 61.3 Å². The first-order valence-electron chi connectivity index (χ1n) is 8.52. The molecule has 2 rings (SSSR count). The molecule has 0 unspecified atom stereocenters. The minimum absolute atomic E-state index is 0. The summed E-state index contributed by atoms with van der Waals surface area (Å²) >= 11 is 0. The molecular weight excluding hydrogens is 425 g/mol. The molecule has 1 heterocycles. The second kappa shape index (κ2) is 13.5. The van der Waals surface area contributed by atoms with Crippen molar-refractivity contribution in [3.8, 4) is 0 Å². The molecule has 1 aromatic carbocycles. The van der Waals surface area contributed by atoms with Gasteiger partial charge in [0.1, 0.15) is 5.82 Å². The van der Waals surface area contributed by atoms with Crippen LogP contribution in [0.25, 0.3) is 0 Å². The first-order valence-corrected chi connectivity index (χ1v) is 8.52. The molecule has 2 aromatic rings. The quantitative estimate of drug-likeness (QED) is 0.236. The van der Waals surface area contributed by atoms with Gasteiger partial charge in [0, 0.05) is 32.9 Å². The molecule has 3 N–H and O–H groups in total. The van der Waals surface area contributed by atoms with Crippen LogP contribution in [0.4, 0.5) is 5.82 Å². The molecule has 0 aliphatic heterocycles. The molecule has 0 aliphatic carbocycles. The van der Waals surface area contributed by atoms with Gasteiger partial charge in [-0.1, -0.05) is 36.4 Å². The van der Waals surface area contributed by atoms with Gasteiger partial charge in [-0.15, -0.1) is 24.0 Å². The standard InChI is InChI=1S/C19H27N5.HI/c1-20-19(24-16-12-17-9-3-2-4-10-17)23-15-8-7-14-22-18-11-5-6-13-21-18;/h2-6,9-11,13H,7-8,12,14-16H2,1H3,(H,21,22)(H2,20,23,24);1H. The Morgan fingerprint density at radius 3 is 2.36 bits per heavy atom. The first-order chi connectivity index (χ1) is 11.9. The fraction of sp³-hybridized carbons (Fsp3) is 0.368. The summed E-state index contributed by atoms with van der Waals surface area (Å²) in [6.07, 6.45) is 4.97. The lowest BCUT2D eigenvalue weighted by Crippen LogP contribution is -2.38. The zero-order chi connectivity index (χ0) is 16.9. The highest BCUT2D eigenvalue weighted by atomic mass is 127. The van der Waals surface area contributed by atoms with Gasteiger partial charge >= 0.3 is 0 Å². The molecule has 0 radical (unpaired) electrons. The van der Waals surface area contributed by atoms with E-state index in [9.17, 15) is 0 Å². The molecule has 0 aliphatic rings. The largest absolute Gasteiger partial charge is 0.370 e. The monoisotopic (exact) mass is 453 g/mol. The van der Waals surface area contributed by atoms with Crippen molar-refractivity contribution in [3.05, 3.63) is 60.3 Å².